The molecule has 0 bridgehead atoms. The Morgan fingerprint density at radius 1 is 0.460 bits per heavy atom. The molecule has 8 saturated heterocycles. The van der Waals surface area contributed by atoms with Gasteiger partial charge in [0.05, 0.1) is 87.4 Å². The molecule has 12 fully saturated rings. The maximum Gasteiger partial charge on any atom is 0.336 e. The van der Waals surface area contributed by atoms with E-state index in [2.05, 4.69) is 67.7 Å². The summed E-state index contributed by atoms with van der Waals surface area (Å²) < 4.78 is 109. The van der Waals surface area contributed by atoms with Crippen molar-refractivity contribution < 1.29 is 212 Å². The highest BCUT2D eigenvalue weighted by Crippen LogP contribution is 2.76. The third-order valence-electron chi connectivity index (χ3n) is 32.4. The predicted molar refractivity (Wildman–Crippen MR) is 465 cm³/mol. The van der Waals surface area contributed by atoms with E-state index >= 15 is 4.79 Å². The largest absolute Gasteiger partial charge is 0.452 e. The quantitative estimate of drug-likeness (QED) is 0.0104. The second kappa shape index (κ2) is 43.3. The number of esters is 3. The zero-order chi connectivity index (χ0) is 101. The minimum absolute atomic E-state index is 0.00705. The fourth-order valence-corrected chi connectivity index (χ4v) is 23.4. The number of carbonyl (C=O) groups excluding carboxylic acids is 3. The van der Waals surface area contributed by atoms with Crippen molar-refractivity contribution in [2.75, 3.05) is 46.2 Å². The maximum absolute atomic E-state index is 16.6. The van der Waals surface area contributed by atoms with Crippen LogP contribution in [-0.4, -0.2) is 421 Å². The fourth-order valence-electron chi connectivity index (χ4n) is 23.4. The molecule has 4 saturated carbocycles. The lowest BCUT2D eigenvalue weighted by molar-refractivity contribution is -0.381. The summed E-state index contributed by atoms with van der Waals surface area (Å²) in [5, 5.41) is 248. The summed E-state index contributed by atoms with van der Waals surface area (Å²) in [6.07, 6.45) is -54.9. The average Bonchev–Trinajstić information content (AvgIpc) is 0.668. The highest BCUT2D eigenvalue weighted by Gasteiger charge is 2.73. The number of carbonyl (C=O) groups is 3. The van der Waals surface area contributed by atoms with E-state index in [1.54, 1.807) is 0 Å². The van der Waals surface area contributed by atoms with Gasteiger partial charge in [0.25, 0.3) is 0 Å². The van der Waals surface area contributed by atoms with Gasteiger partial charge >= 0.3 is 17.9 Å². The van der Waals surface area contributed by atoms with Crippen LogP contribution in [0.3, 0.4) is 0 Å². The van der Waals surface area contributed by atoms with Crippen LogP contribution in [0.15, 0.2) is 60.3 Å². The first-order valence-electron chi connectivity index (χ1n) is 47.7. The Morgan fingerprint density at radius 3 is 1.55 bits per heavy atom. The van der Waals surface area contributed by atoms with Gasteiger partial charge in [-0.1, -0.05) is 84.4 Å². The molecule has 43 heteroatoms. The van der Waals surface area contributed by atoms with Crippen LogP contribution in [0.2, 0.25) is 0 Å². The third-order valence-corrected chi connectivity index (χ3v) is 32.4. The highest BCUT2D eigenvalue weighted by atomic mass is 16.8. The molecule has 1 unspecified atom stereocenters. The third kappa shape index (κ3) is 22.1. The number of hydrogen-bond donors (Lipinski definition) is 22. The monoisotopic (exact) mass is 1960 g/mol. The molecule has 0 radical (unpaired) electrons. The van der Waals surface area contributed by atoms with Gasteiger partial charge in [0, 0.05) is 5.57 Å². The summed E-state index contributed by atoms with van der Waals surface area (Å²) in [5.41, 5.74) is -7.15. The lowest BCUT2D eigenvalue weighted by Crippen LogP contribution is -2.69. The van der Waals surface area contributed by atoms with Gasteiger partial charge < -0.3 is 198 Å². The molecular formula is C94H148O43. The van der Waals surface area contributed by atoms with Crippen molar-refractivity contribution in [2.45, 2.75) is 411 Å². The number of allylic oxidation sites excluding steroid dienone is 4. The molecule has 22 N–H and O–H groups in total. The Balaban J connectivity index is 0.767. The summed E-state index contributed by atoms with van der Waals surface area (Å²) in [6.45, 7) is 24.8. The van der Waals surface area contributed by atoms with Gasteiger partial charge in [-0.2, -0.15) is 0 Å². The molecule has 137 heavy (non-hydrogen) atoms. The van der Waals surface area contributed by atoms with Crippen LogP contribution in [-0.2, 0) is 99.6 Å². The highest BCUT2D eigenvalue weighted by molar-refractivity contribution is 5.89. The molecule has 47 atom stereocenters. The van der Waals surface area contributed by atoms with Crippen molar-refractivity contribution in [2.24, 2.45) is 50.2 Å². The summed E-state index contributed by atoms with van der Waals surface area (Å²) in [4.78, 5) is 45.0. The van der Waals surface area contributed by atoms with Crippen LogP contribution in [0.25, 0.3) is 0 Å². The van der Waals surface area contributed by atoms with Gasteiger partial charge in [0.1, 0.15) is 146 Å². The summed E-state index contributed by atoms with van der Waals surface area (Å²) in [5.74, 6) is -4.27. The first kappa shape index (κ1) is 110. The maximum atomic E-state index is 16.6. The second-order valence-electron chi connectivity index (χ2n) is 42.6. The van der Waals surface area contributed by atoms with Crippen molar-refractivity contribution in [1.29, 1.82) is 0 Å². The Kier molecular flexibility index (Phi) is 34.8. The molecule has 5 aliphatic carbocycles. The summed E-state index contributed by atoms with van der Waals surface area (Å²) in [6, 6.07) is 0. The van der Waals surface area contributed by atoms with E-state index in [1.165, 1.54) is 58.9 Å². The molecule has 0 aromatic carbocycles. The van der Waals surface area contributed by atoms with Gasteiger partial charge in [-0.25, -0.2) is 9.59 Å². The predicted octanol–water partition coefficient (Wildman–Crippen LogP) is -3.75. The van der Waals surface area contributed by atoms with E-state index in [1.807, 2.05) is 0 Å². The molecule has 0 spiro atoms. The van der Waals surface area contributed by atoms with Gasteiger partial charge in [-0.05, 0) is 163 Å². The van der Waals surface area contributed by atoms with Crippen LogP contribution in [0.1, 0.15) is 167 Å². The Labute approximate surface area is 794 Å². The minimum Gasteiger partial charge on any atom is -0.452 e. The Morgan fingerprint density at radius 2 is 0.949 bits per heavy atom. The lowest BCUT2D eigenvalue weighted by atomic mass is 9.33. The van der Waals surface area contributed by atoms with Crippen molar-refractivity contribution in [3.05, 3.63) is 60.3 Å². The summed E-state index contributed by atoms with van der Waals surface area (Å²) >= 11 is 0. The minimum atomic E-state index is -2.28. The van der Waals surface area contributed by atoms with Gasteiger partial charge in [0.2, 0.25) is 6.29 Å². The molecule has 43 nitrogen and oxygen atoms in total. The van der Waals surface area contributed by atoms with E-state index in [4.69, 9.17) is 85.3 Å². The van der Waals surface area contributed by atoms with E-state index in [0.29, 0.717) is 44.9 Å². The van der Waals surface area contributed by atoms with Crippen LogP contribution >= 0.6 is 0 Å². The van der Waals surface area contributed by atoms with Gasteiger partial charge in [-0.3, -0.25) is 4.79 Å². The topological polar surface area (TPSA) is 662 Å². The fraction of sp³-hybridized carbons (Fsp3) is 0.862. The number of fused-ring (bicyclic) bond motifs is 7. The SMILES string of the molecule is C=CC(C)(O)CC/C=C(\CO)C(=O)O[C@H]1[C@H](OC[C@H]2O[C@@H](OC(=O)[C@]34CCC(C)(C)C[C@H]3C3=CC[C@@H]5[C@@]6(C)CC[C@H](O[C@@H]7O[C@H](CO[C@@H]8OC[C@H](O)[C@H](O)[C@H]8O[C@@H]8OC[C@@H](O)[C@H](O)[C@H]8O)[C@@H](O)[C@H](O)[C@H]7O)C(C)(C)[C@@H]6CC[C@@]5(C)[C@]3(C)C[C@H]4O)[C@H](O[C@@H]3O[C@@H](C)[C@H](O[C@@H]4OC[C@@H](O)[C@H](O[C@@H]5OC[C@@H](O)[C@H](O)[C@H]5O)[C@H]4O)[C@@H](O)[C@H]3O)[C@@H](O)[C@@H]2O)O[C@@H](C)[C@H](O)[C@H]1OC(=O)/C(C)=C/CC[C@](C)(O)C=C. The van der Waals surface area contributed by atoms with Crippen molar-refractivity contribution in [3.63, 3.8) is 0 Å². The van der Waals surface area contributed by atoms with E-state index in [9.17, 15) is 122 Å². The zero-order valence-corrected chi connectivity index (χ0v) is 79.5. The number of aliphatic hydroxyl groups excluding tert-OH is 20. The lowest BCUT2D eigenvalue weighted by Gasteiger charge is -2.71. The van der Waals surface area contributed by atoms with Crippen molar-refractivity contribution in [1.82, 2.24) is 0 Å². The standard InChI is InChI=1S/C94H148O43/c1-15-89(10,118)25-17-19-40(3)76(115)131-72-56(101)41(4)126-84(75(72)132-77(116)43(33-95)20-18-26-90(11,119)16-2)125-39-51-61(106)63(108)74(136-81-68(113)64(109)70(42(5)127-81)133-80-69(114)71(49(99)37-122-80)134-78-65(110)57(102)46(96)34-120-78)85(129-51)137-86(117)94-30-29-87(6,7)31-45(94)44-21-22-53-91(12)27-24-55(88(8,9)52(91)23-28-92(53,13)93(44,14)32-54(94)100)130-82-67(112)62(107)60(105)50(128-82)38-124-83-73(59(104)48(98)36-123-83)135-79-66(111)58(103)47(97)35-121-79/h15-16,19-21,41-42,45-75,78-85,95-114,118-119H,1-2,17-18,22-39H2,3-14H3/b40-19+,43-20+/t41-,42-,45-,46+,47+,48-,49+,50+,51+,52-,53+,54+,55-,56-,57-,58-,59-,60+,61+,62-,63-,64-,65+,66+,67+,68+,69+,70-,71-,72+,73+,74+,75+,78-,79-,80-,81-,82-,83-,84+,85-,89+,90?,91-,92+,93+,94+/m0/s1. The molecule has 13 rings (SSSR count). The van der Waals surface area contributed by atoms with Crippen molar-refractivity contribution in [3.8, 4) is 0 Å². The van der Waals surface area contributed by atoms with Crippen LogP contribution in [0.4, 0.5) is 0 Å². The summed E-state index contributed by atoms with van der Waals surface area (Å²) in [7, 11) is 0. The van der Waals surface area contributed by atoms with Crippen LogP contribution < -0.4 is 0 Å². The van der Waals surface area contributed by atoms with Crippen LogP contribution in [0, 0.1) is 50.2 Å². The first-order chi connectivity index (χ1) is 64.1. The zero-order valence-electron chi connectivity index (χ0n) is 79.5. The van der Waals surface area contributed by atoms with E-state index < -0.39 is 347 Å². The average molecular weight is 1970 g/mol. The van der Waals surface area contributed by atoms with Crippen LogP contribution in [0.5, 0.6) is 0 Å². The molecule has 0 amide bonds. The smallest absolute Gasteiger partial charge is 0.336 e. The molecule has 0 aromatic rings. The number of hydrogen-bond acceptors (Lipinski definition) is 43. The molecule has 8 aliphatic heterocycles. The number of aliphatic hydroxyl groups is 22. The number of rotatable bonds is 31. The van der Waals surface area contributed by atoms with Gasteiger partial charge in [-0.15, -0.1) is 13.2 Å². The van der Waals surface area contributed by atoms with Crippen molar-refractivity contribution >= 4 is 17.9 Å². The van der Waals surface area contributed by atoms with Gasteiger partial charge in [0.15, 0.2) is 62.3 Å². The first-order valence-corrected chi connectivity index (χ1v) is 47.7. The van der Waals surface area contributed by atoms with E-state index in [-0.39, 0.29) is 61.5 Å². The Hall–Kier alpha value is -4.37. The molecule has 13 aliphatic rings. The number of ether oxygens (including phenoxy) is 18. The molecular weight excluding hydrogens is 1820 g/mol. The molecule has 0 aromatic heterocycles. The Bertz CT molecular complexity index is 4190. The van der Waals surface area contributed by atoms with E-state index in [0.717, 1.165) is 5.57 Å². The molecule has 8 heterocycles. The normalized spacial score (nSPS) is 48.3. The second-order valence-corrected chi connectivity index (χ2v) is 42.6. The molecule has 782 valence electrons.